The van der Waals surface area contributed by atoms with E-state index < -0.39 is 0 Å². The van der Waals surface area contributed by atoms with Crippen LogP contribution in [0.25, 0.3) is 6.08 Å². The summed E-state index contributed by atoms with van der Waals surface area (Å²) in [6, 6.07) is 13.5. The van der Waals surface area contributed by atoms with Crippen LogP contribution < -0.4 is 10.1 Å². The monoisotopic (exact) mass is 333 g/mol. The highest BCUT2D eigenvalue weighted by atomic mass is 16.5. The van der Waals surface area contributed by atoms with Gasteiger partial charge in [-0.25, -0.2) is 0 Å². The number of nitrogens with one attached hydrogen (secondary N) is 1. The molecule has 2 rings (SSSR count). The lowest BCUT2D eigenvalue weighted by Gasteiger charge is -2.07. The number of aryl methyl sites for hydroxylation is 2. The number of para-hydroxylation sites is 1. The first-order chi connectivity index (χ1) is 12.1. The topological polar surface area (TPSA) is 38.3 Å². The highest BCUT2D eigenvalue weighted by Crippen LogP contribution is 2.20. The molecule has 0 heterocycles. The minimum atomic E-state index is -0.151. The van der Waals surface area contributed by atoms with E-state index in [-0.39, 0.29) is 5.91 Å². The summed E-state index contributed by atoms with van der Waals surface area (Å²) in [5.74, 6) is 6.59. The van der Waals surface area contributed by atoms with Crippen LogP contribution in [0.2, 0.25) is 0 Å². The first-order valence-corrected chi connectivity index (χ1v) is 8.34. The zero-order chi connectivity index (χ0) is 18.1. The number of ether oxygens (including phenoxy) is 1. The molecule has 3 heteroatoms. The van der Waals surface area contributed by atoms with Crippen molar-refractivity contribution in [2.24, 2.45) is 0 Å². The Kier molecular flexibility index (Phi) is 6.86. The van der Waals surface area contributed by atoms with Gasteiger partial charge in [-0.3, -0.25) is 4.79 Å². The lowest BCUT2D eigenvalue weighted by atomic mass is 10.1. The Morgan fingerprint density at radius 1 is 1.12 bits per heavy atom. The van der Waals surface area contributed by atoms with Crippen molar-refractivity contribution in [3.63, 3.8) is 0 Å². The molecule has 0 aromatic heterocycles. The Labute approximate surface area is 149 Å². The van der Waals surface area contributed by atoms with Gasteiger partial charge in [-0.1, -0.05) is 37.1 Å². The van der Waals surface area contributed by atoms with Crippen LogP contribution >= 0.6 is 0 Å². The van der Waals surface area contributed by atoms with Gasteiger partial charge >= 0.3 is 0 Å². The molecule has 0 aliphatic carbocycles. The fourth-order valence-corrected chi connectivity index (χ4v) is 2.29. The zero-order valence-corrected chi connectivity index (χ0v) is 14.9. The summed E-state index contributed by atoms with van der Waals surface area (Å²) >= 11 is 0. The maximum absolute atomic E-state index is 12.1. The van der Waals surface area contributed by atoms with Gasteiger partial charge in [-0.05, 0) is 54.8 Å². The first kappa shape index (κ1) is 18.4. The molecule has 128 valence electrons. The molecule has 0 aliphatic heterocycles. The predicted octanol–water partition coefficient (Wildman–Crippen LogP) is 4.75. The Hall–Kier alpha value is -2.99. The van der Waals surface area contributed by atoms with E-state index in [4.69, 9.17) is 4.74 Å². The second-order valence-electron chi connectivity index (χ2n) is 5.66. The van der Waals surface area contributed by atoms with Crippen molar-refractivity contribution >= 4 is 17.7 Å². The Morgan fingerprint density at radius 2 is 1.92 bits per heavy atom. The second kappa shape index (κ2) is 9.34. The summed E-state index contributed by atoms with van der Waals surface area (Å²) in [5.41, 5.74) is 3.82. The molecule has 1 N–H and O–H groups in total. The van der Waals surface area contributed by atoms with E-state index in [0.717, 1.165) is 34.5 Å². The minimum absolute atomic E-state index is 0.151. The molecule has 2 aromatic rings. The van der Waals surface area contributed by atoms with Crippen LogP contribution in [0, 0.1) is 25.7 Å². The SMILES string of the molecule is CCC#CCOc1ccc(/C=C/C(=O)Nc2ccccc2C)cc1C. The second-order valence-corrected chi connectivity index (χ2v) is 5.66. The van der Waals surface area contributed by atoms with Gasteiger partial charge in [0, 0.05) is 18.2 Å². The van der Waals surface area contributed by atoms with E-state index in [2.05, 4.69) is 17.2 Å². The highest BCUT2D eigenvalue weighted by molar-refractivity contribution is 6.02. The average Bonchev–Trinajstić information content (AvgIpc) is 2.60. The Morgan fingerprint density at radius 3 is 2.64 bits per heavy atom. The lowest BCUT2D eigenvalue weighted by Crippen LogP contribution is -2.08. The summed E-state index contributed by atoms with van der Waals surface area (Å²) in [7, 11) is 0. The van der Waals surface area contributed by atoms with Gasteiger partial charge in [0.2, 0.25) is 5.91 Å². The van der Waals surface area contributed by atoms with Crippen molar-refractivity contribution in [1.29, 1.82) is 0 Å². The van der Waals surface area contributed by atoms with Crippen molar-refractivity contribution in [3.05, 3.63) is 65.2 Å². The first-order valence-electron chi connectivity index (χ1n) is 8.34. The summed E-state index contributed by atoms with van der Waals surface area (Å²) in [6.45, 7) is 6.34. The molecule has 0 spiro atoms. The molecule has 0 fully saturated rings. The summed E-state index contributed by atoms with van der Waals surface area (Å²) in [5, 5.41) is 2.88. The van der Waals surface area contributed by atoms with E-state index in [1.54, 1.807) is 6.08 Å². The number of rotatable bonds is 5. The van der Waals surface area contributed by atoms with Gasteiger partial charge < -0.3 is 10.1 Å². The van der Waals surface area contributed by atoms with E-state index in [1.807, 2.05) is 63.2 Å². The maximum atomic E-state index is 12.1. The molecule has 0 aliphatic rings. The van der Waals surface area contributed by atoms with Gasteiger partial charge in [0.25, 0.3) is 0 Å². The fourth-order valence-electron chi connectivity index (χ4n) is 2.29. The van der Waals surface area contributed by atoms with Crippen LogP contribution in [0.4, 0.5) is 5.69 Å². The largest absolute Gasteiger partial charge is 0.481 e. The van der Waals surface area contributed by atoms with Gasteiger partial charge in [-0.2, -0.15) is 0 Å². The third kappa shape index (κ3) is 5.86. The van der Waals surface area contributed by atoms with Crippen molar-refractivity contribution in [2.45, 2.75) is 27.2 Å². The molecule has 0 unspecified atom stereocenters. The molecule has 0 saturated heterocycles. The summed E-state index contributed by atoms with van der Waals surface area (Å²) in [6.07, 6.45) is 4.16. The number of amides is 1. The van der Waals surface area contributed by atoms with Crippen molar-refractivity contribution in [1.82, 2.24) is 0 Å². The van der Waals surface area contributed by atoms with E-state index in [9.17, 15) is 4.79 Å². The van der Waals surface area contributed by atoms with Crippen molar-refractivity contribution < 1.29 is 9.53 Å². The quantitative estimate of drug-likeness (QED) is 0.633. The van der Waals surface area contributed by atoms with Gasteiger partial charge in [0.15, 0.2) is 0 Å². The molecule has 1 amide bonds. The van der Waals surface area contributed by atoms with E-state index in [0.29, 0.717) is 6.61 Å². The summed E-state index contributed by atoms with van der Waals surface area (Å²) in [4.78, 5) is 12.1. The van der Waals surface area contributed by atoms with Crippen LogP contribution in [0.5, 0.6) is 5.75 Å². The third-order valence-corrected chi connectivity index (χ3v) is 3.63. The van der Waals surface area contributed by atoms with Gasteiger partial charge in [0.1, 0.15) is 12.4 Å². The fraction of sp³-hybridized carbons (Fsp3) is 0.227. The van der Waals surface area contributed by atoms with Gasteiger partial charge in [-0.15, -0.1) is 5.92 Å². The lowest BCUT2D eigenvalue weighted by molar-refractivity contribution is -0.111. The summed E-state index contributed by atoms with van der Waals surface area (Å²) < 4.78 is 5.63. The predicted molar refractivity (Wildman–Crippen MR) is 104 cm³/mol. The standard InChI is InChI=1S/C22H23NO2/c1-4-5-8-15-25-21-13-11-19(16-18(21)3)12-14-22(24)23-20-10-7-6-9-17(20)2/h6-7,9-14,16H,4,15H2,1-3H3,(H,23,24)/b14-12+. The normalized spacial score (nSPS) is 10.2. The van der Waals surface area contributed by atoms with Gasteiger partial charge in [0.05, 0.1) is 0 Å². The van der Waals surface area contributed by atoms with Crippen LogP contribution in [0.3, 0.4) is 0 Å². The third-order valence-electron chi connectivity index (χ3n) is 3.63. The molecule has 3 nitrogen and oxygen atoms in total. The van der Waals surface area contributed by atoms with E-state index >= 15 is 0 Å². The molecule has 2 aromatic carbocycles. The Bertz CT molecular complexity index is 825. The number of carbonyl (C=O) groups excluding carboxylic acids is 1. The van der Waals surface area contributed by atoms with Crippen LogP contribution in [0.1, 0.15) is 30.0 Å². The molecular weight excluding hydrogens is 310 g/mol. The molecule has 0 radical (unpaired) electrons. The molecule has 0 saturated carbocycles. The zero-order valence-electron chi connectivity index (χ0n) is 14.9. The highest BCUT2D eigenvalue weighted by Gasteiger charge is 2.02. The van der Waals surface area contributed by atoms with Crippen LogP contribution in [0.15, 0.2) is 48.5 Å². The molecule has 0 bridgehead atoms. The number of anilines is 1. The number of hydrogen-bond donors (Lipinski definition) is 1. The molecular formula is C22H23NO2. The van der Waals surface area contributed by atoms with E-state index in [1.165, 1.54) is 6.08 Å². The number of benzene rings is 2. The van der Waals surface area contributed by atoms with Crippen LogP contribution in [-0.2, 0) is 4.79 Å². The van der Waals surface area contributed by atoms with Crippen molar-refractivity contribution in [2.75, 3.05) is 11.9 Å². The average molecular weight is 333 g/mol. The van der Waals surface area contributed by atoms with Crippen molar-refractivity contribution in [3.8, 4) is 17.6 Å². The smallest absolute Gasteiger partial charge is 0.248 e. The maximum Gasteiger partial charge on any atom is 0.248 e. The molecule has 25 heavy (non-hydrogen) atoms. The number of carbonyl (C=O) groups is 1. The minimum Gasteiger partial charge on any atom is -0.481 e. The van der Waals surface area contributed by atoms with Crippen LogP contribution in [-0.4, -0.2) is 12.5 Å². The molecule has 0 atom stereocenters. The Balaban J connectivity index is 1.97. The number of hydrogen-bond acceptors (Lipinski definition) is 2.